The van der Waals surface area contributed by atoms with E-state index in [2.05, 4.69) is 0 Å². The van der Waals surface area contributed by atoms with Gasteiger partial charge < -0.3 is 9.15 Å². The number of rotatable bonds is 0. The van der Waals surface area contributed by atoms with Crippen LogP contribution in [0.25, 0.3) is 22.1 Å². The maximum Gasteiger partial charge on any atom is 0.379 e. The SMILES string of the molecule is O=c1oc2ccccc2c2c1OCc1ccccc1-2. The summed E-state index contributed by atoms with van der Waals surface area (Å²) in [5.74, 6) is 0.317. The molecule has 0 N–H and O–H groups in total. The van der Waals surface area contributed by atoms with E-state index in [0.29, 0.717) is 17.9 Å². The monoisotopic (exact) mass is 250 g/mol. The second-order valence-electron chi connectivity index (χ2n) is 4.54. The first-order chi connectivity index (χ1) is 9.34. The Bertz CT molecular complexity index is 846. The first-order valence-corrected chi connectivity index (χ1v) is 6.11. The molecule has 0 bridgehead atoms. The summed E-state index contributed by atoms with van der Waals surface area (Å²) in [7, 11) is 0. The van der Waals surface area contributed by atoms with Crippen molar-refractivity contribution in [1.82, 2.24) is 0 Å². The molecule has 92 valence electrons. The minimum atomic E-state index is -0.414. The van der Waals surface area contributed by atoms with Gasteiger partial charge in [0.2, 0.25) is 5.75 Å². The van der Waals surface area contributed by atoms with E-state index in [1.165, 1.54) is 0 Å². The Balaban J connectivity index is 2.22. The molecular formula is C16H10O3. The van der Waals surface area contributed by atoms with Gasteiger partial charge in [-0.2, -0.15) is 0 Å². The van der Waals surface area contributed by atoms with Crippen molar-refractivity contribution in [3.05, 3.63) is 64.5 Å². The summed E-state index contributed by atoms with van der Waals surface area (Å²) in [6.45, 7) is 0.409. The summed E-state index contributed by atoms with van der Waals surface area (Å²) in [5, 5.41) is 0.907. The van der Waals surface area contributed by atoms with E-state index in [9.17, 15) is 4.79 Å². The van der Waals surface area contributed by atoms with E-state index in [4.69, 9.17) is 9.15 Å². The van der Waals surface area contributed by atoms with Crippen molar-refractivity contribution in [3.8, 4) is 16.9 Å². The molecule has 0 atom stereocenters. The summed E-state index contributed by atoms with van der Waals surface area (Å²) in [5.41, 5.74) is 3.15. The molecule has 2 aromatic carbocycles. The van der Waals surface area contributed by atoms with Crippen molar-refractivity contribution in [2.24, 2.45) is 0 Å². The molecule has 2 heterocycles. The molecule has 19 heavy (non-hydrogen) atoms. The zero-order valence-corrected chi connectivity index (χ0v) is 10.1. The van der Waals surface area contributed by atoms with Gasteiger partial charge in [0.25, 0.3) is 0 Å². The summed E-state index contributed by atoms with van der Waals surface area (Å²) >= 11 is 0. The largest absolute Gasteiger partial charge is 0.481 e. The smallest absolute Gasteiger partial charge is 0.379 e. The molecule has 0 unspecified atom stereocenters. The molecular weight excluding hydrogens is 240 g/mol. The topological polar surface area (TPSA) is 39.4 Å². The molecule has 3 nitrogen and oxygen atoms in total. The number of para-hydroxylation sites is 1. The van der Waals surface area contributed by atoms with Crippen LogP contribution in [0, 0.1) is 0 Å². The van der Waals surface area contributed by atoms with E-state index in [-0.39, 0.29) is 0 Å². The van der Waals surface area contributed by atoms with E-state index in [1.807, 2.05) is 42.5 Å². The van der Waals surface area contributed by atoms with Gasteiger partial charge in [0, 0.05) is 10.9 Å². The summed E-state index contributed by atoms with van der Waals surface area (Å²) in [6.07, 6.45) is 0. The van der Waals surface area contributed by atoms with Crippen LogP contribution in [0.5, 0.6) is 5.75 Å². The first kappa shape index (κ1) is 10.4. The molecule has 1 aliphatic rings. The lowest BCUT2D eigenvalue weighted by Gasteiger charge is -2.20. The quantitative estimate of drug-likeness (QED) is 0.574. The van der Waals surface area contributed by atoms with Gasteiger partial charge in [-0.15, -0.1) is 0 Å². The molecule has 0 amide bonds. The number of fused-ring (bicyclic) bond motifs is 5. The molecule has 4 rings (SSSR count). The molecule has 0 saturated heterocycles. The van der Waals surface area contributed by atoms with Crippen LogP contribution in [0.2, 0.25) is 0 Å². The molecule has 1 aromatic heterocycles. The highest BCUT2D eigenvalue weighted by molar-refractivity contribution is 5.97. The van der Waals surface area contributed by atoms with Crippen molar-refractivity contribution in [2.45, 2.75) is 6.61 Å². The normalized spacial score (nSPS) is 12.6. The highest BCUT2D eigenvalue weighted by Gasteiger charge is 2.23. The number of hydrogen-bond acceptors (Lipinski definition) is 3. The third-order valence-electron chi connectivity index (χ3n) is 3.43. The Morgan fingerprint density at radius 2 is 1.74 bits per heavy atom. The lowest BCUT2D eigenvalue weighted by atomic mass is 9.95. The van der Waals surface area contributed by atoms with Gasteiger partial charge in [-0.05, 0) is 17.2 Å². The van der Waals surface area contributed by atoms with Gasteiger partial charge in [-0.1, -0.05) is 42.5 Å². The molecule has 1 aliphatic heterocycles. The molecule has 3 aromatic rings. The third kappa shape index (κ3) is 1.41. The van der Waals surface area contributed by atoms with Crippen LogP contribution < -0.4 is 10.4 Å². The van der Waals surface area contributed by atoms with Gasteiger partial charge in [-0.25, -0.2) is 4.79 Å². The Morgan fingerprint density at radius 3 is 2.68 bits per heavy atom. The zero-order chi connectivity index (χ0) is 12.8. The van der Waals surface area contributed by atoms with Gasteiger partial charge in [0.15, 0.2) is 0 Å². The van der Waals surface area contributed by atoms with Crippen molar-refractivity contribution in [2.75, 3.05) is 0 Å². The average molecular weight is 250 g/mol. The second-order valence-corrected chi connectivity index (χ2v) is 4.54. The van der Waals surface area contributed by atoms with Crippen LogP contribution in [-0.4, -0.2) is 0 Å². The minimum absolute atomic E-state index is 0.317. The molecule has 3 heteroatoms. The van der Waals surface area contributed by atoms with E-state index < -0.39 is 5.63 Å². The van der Waals surface area contributed by atoms with E-state index >= 15 is 0 Å². The van der Waals surface area contributed by atoms with E-state index in [0.717, 1.165) is 22.1 Å². The highest BCUT2D eigenvalue weighted by atomic mass is 16.5. The number of benzene rings is 2. The van der Waals surface area contributed by atoms with Gasteiger partial charge in [0.1, 0.15) is 12.2 Å². The first-order valence-electron chi connectivity index (χ1n) is 6.11. The molecule has 0 saturated carbocycles. The lowest BCUT2D eigenvalue weighted by molar-refractivity contribution is 0.287. The fourth-order valence-electron chi connectivity index (χ4n) is 2.57. The summed E-state index contributed by atoms with van der Waals surface area (Å²) in [4.78, 5) is 12.0. The maximum absolute atomic E-state index is 12.0. The standard InChI is InChI=1S/C16H10O3/c17-16-15-14(12-7-3-4-8-13(12)19-16)11-6-2-1-5-10(11)9-18-15/h1-8H,9H2. The van der Waals surface area contributed by atoms with Crippen molar-refractivity contribution >= 4 is 11.0 Å². The highest BCUT2D eigenvalue weighted by Crippen LogP contribution is 2.39. The minimum Gasteiger partial charge on any atom is -0.481 e. The fourth-order valence-corrected chi connectivity index (χ4v) is 2.57. The lowest BCUT2D eigenvalue weighted by Crippen LogP contribution is -2.14. The summed E-state index contributed by atoms with van der Waals surface area (Å²) < 4.78 is 10.9. The second kappa shape index (κ2) is 3.72. The van der Waals surface area contributed by atoms with Crippen molar-refractivity contribution < 1.29 is 9.15 Å². The summed E-state index contributed by atoms with van der Waals surface area (Å²) in [6, 6.07) is 15.5. The third-order valence-corrected chi connectivity index (χ3v) is 3.43. The predicted molar refractivity (Wildman–Crippen MR) is 72.3 cm³/mol. The van der Waals surface area contributed by atoms with E-state index in [1.54, 1.807) is 6.07 Å². The molecule has 0 spiro atoms. The molecule has 0 aliphatic carbocycles. The van der Waals surface area contributed by atoms with Crippen LogP contribution in [-0.2, 0) is 6.61 Å². The maximum atomic E-state index is 12.0. The van der Waals surface area contributed by atoms with Crippen LogP contribution >= 0.6 is 0 Å². The van der Waals surface area contributed by atoms with Gasteiger partial charge in [0.05, 0.1) is 0 Å². The van der Waals surface area contributed by atoms with Crippen molar-refractivity contribution in [1.29, 1.82) is 0 Å². The van der Waals surface area contributed by atoms with Crippen LogP contribution in [0.3, 0.4) is 0 Å². The van der Waals surface area contributed by atoms with Crippen LogP contribution in [0.4, 0.5) is 0 Å². The molecule has 0 radical (unpaired) electrons. The Hall–Kier alpha value is -2.55. The van der Waals surface area contributed by atoms with Crippen LogP contribution in [0.15, 0.2) is 57.7 Å². The predicted octanol–water partition coefficient (Wildman–Crippen LogP) is 3.35. The number of ether oxygens (including phenoxy) is 1. The van der Waals surface area contributed by atoms with Gasteiger partial charge >= 0.3 is 5.63 Å². The Morgan fingerprint density at radius 1 is 0.947 bits per heavy atom. The Kier molecular flexibility index (Phi) is 2.03. The Labute approximate surface area is 109 Å². The van der Waals surface area contributed by atoms with Gasteiger partial charge in [-0.3, -0.25) is 0 Å². The average Bonchev–Trinajstić information content (AvgIpc) is 2.47. The van der Waals surface area contributed by atoms with Crippen molar-refractivity contribution in [3.63, 3.8) is 0 Å². The fraction of sp³-hybridized carbons (Fsp3) is 0.0625. The zero-order valence-electron chi connectivity index (χ0n) is 10.1. The number of hydrogen-bond donors (Lipinski definition) is 0. The van der Waals surface area contributed by atoms with Crippen LogP contribution in [0.1, 0.15) is 5.56 Å². The molecule has 0 fully saturated rings.